The molecule has 0 amide bonds. The Morgan fingerprint density at radius 2 is 1.71 bits per heavy atom. The Morgan fingerprint density at radius 1 is 0.958 bits per heavy atom. The minimum atomic E-state index is 0.763. The first-order valence-electron chi connectivity index (χ1n) is 8.25. The highest BCUT2D eigenvalue weighted by molar-refractivity contribution is 7.09. The number of ether oxygens (including phenoxy) is 1. The van der Waals surface area contributed by atoms with E-state index in [1.165, 1.54) is 11.5 Å². The van der Waals surface area contributed by atoms with Crippen LogP contribution in [0.1, 0.15) is 5.82 Å². The molecule has 0 unspecified atom stereocenters. The Kier molecular flexibility index (Phi) is 4.44. The number of morpholine rings is 1. The molecule has 2 aliphatic heterocycles. The van der Waals surface area contributed by atoms with E-state index in [9.17, 15) is 0 Å². The third-order valence-electron chi connectivity index (χ3n) is 4.31. The van der Waals surface area contributed by atoms with Gasteiger partial charge in [-0.1, -0.05) is 0 Å². The van der Waals surface area contributed by atoms with Crippen molar-refractivity contribution < 1.29 is 4.74 Å². The molecule has 2 aromatic heterocycles. The normalized spacial score (nSPS) is 19.0. The largest absolute Gasteiger partial charge is 0.378 e. The fraction of sp³-hybridized carbons (Fsp3) is 0.600. The van der Waals surface area contributed by atoms with Crippen molar-refractivity contribution in [3.05, 3.63) is 18.1 Å². The Hall–Kier alpha value is -2.00. The summed E-state index contributed by atoms with van der Waals surface area (Å²) in [4.78, 5) is 20.5. The molecule has 0 saturated carbocycles. The van der Waals surface area contributed by atoms with Crippen LogP contribution in [0.15, 0.2) is 12.3 Å². The molecule has 0 atom stereocenters. The highest BCUT2D eigenvalue weighted by Gasteiger charge is 2.22. The van der Waals surface area contributed by atoms with Crippen LogP contribution in [-0.4, -0.2) is 71.8 Å². The number of piperazine rings is 1. The number of aryl methyl sites for hydroxylation is 1. The molecule has 2 aromatic rings. The molecule has 128 valence electrons. The summed E-state index contributed by atoms with van der Waals surface area (Å²) >= 11 is 1.47. The van der Waals surface area contributed by atoms with Crippen LogP contribution in [0.25, 0.3) is 0 Å². The van der Waals surface area contributed by atoms with Crippen LogP contribution in [0, 0.1) is 6.92 Å². The van der Waals surface area contributed by atoms with Crippen LogP contribution in [0.5, 0.6) is 0 Å². The van der Waals surface area contributed by atoms with Crippen LogP contribution >= 0.6 is 11.5 Å². The molecule has 9 heteroatoms. The van der Waals surface area contributed by atoms with Crippen LogP contribution in [0.3, 0.4) is 0 Å². The van der Waals surface area contributed by atoms with Gasteiger partial charge in [0, 0.05) is 57.0 Å². The molecular weight excluding hydrogens is 326 g/mol. The van der Waals surface area contributed by atoms with Crippen molar-refractivity contribution in [2.75, 3.05) is 67.2 Å². The summed E-state index contributed by atoms with van der Waals surface area (Å²) in [6.07, 6.45) is 1.85. The molecule has 8 nitrogen and oxygen atoms in total. The van der Waals surface area contributed by atoms with Gasteiger partial charge < -0.3 is 19.4 Å². The van der Waals surface area contributed by atoms with Gasteiger partial charge in [-0.2, -0.15) is 9.36 Å². The minimum Gasteiger partial charge on any atom is -0.378 e. The zero-order valence-corrected chi connectivity index (χ0v) is 14.6. The van der Waals surface area contributed by atoms with Gasteiger partial charge in [-0.25, -0.2) is 9.97 Å². The van der Waals surface area contributed by atoms with Crippen LogP contribution < -0.4 is 14.7 Å². The van der Waals surface area contributed by atoms with E-state index in [1.54, 1.807) is 0 Å². The van der Waals surface area contributed by atoms with Crippen molar-refractivity contribution in [1.29, 1.82) is 0 Å². The summed E-state index contributed by atoms with van der Waals surface area (Å²) in [5.74, 6) is 2.65. The van der Waals surface area contributed by atoms with Gasteiger partial charge in [0.05, 0.1) is 13.2 Å². The lowest BCUT2D eigenvalue weighted by molar-refractivity contribution is 0.122. The first-order chi connectivity index (χ1) is 11.8. The molecule has 2 aliphatic rings. The maximum Gasteiger partial charge on any atom is 0.227 e. The van der Waals surface area contributed by atoms with Gasteiger partial charge in [0.25, 0.3) is 0 Å². The monoisotopic (exact) mass is 347 g/mol. The molecule has 2 fully saturated rings. The number of hydrogen-bond donors (Lipinski definition) is 0. The zero-order valence-electron chi connectivity index (χ0n) is 13.8. The molecule has 0 radical (unpaired) electrons. The van der Waals surface area contributed by atoms with Crippen molar-refractivity contribution in [2.24, 2.45) is 0 Å². The second-order valence-electron chi connectivity index (χ2n) is 5.91. The van der Waals surface area contributed by atoms with Gasteiger partial charge in [0.1, 0.15) is 11.6 Å². The van der Waals surface area contributed by atoms with Gasteiger partial charge in [-0.15, -0.1) is 0 Å². The van der Waals surface area contributed by atoms with Crippen molar-refractivity contribution in [1.82, 2.24) is 19.3 Å². The quantitative estimate of drug-likeness (QED) is 0.807. The van der Waals surface area contributed by atoms with E-state index in [-0.39, 0.29) is 0 Å². The summed E-state index contributed by atoms with van der Waals surface area (Å²) in [6, 6.07) is 1.98. The fourth-order valence-corrected chi connectivity index (χ4v) is 3.70. The molecule has 24 heavy (non-hydrogen) atoms. The Morgan fingerprint density at radius 3 is 2.42 bits per heavy atom. The van der Waals surface area contributed by atoms with E-state index >= 15 is 0 Å². The van der Waals surface area contributed by atoms with E-state index < -0.39 is 0 Å². The number of aromatic nitrogens is 4. The fourth-order valence-electron chi connectivity index (χ4n) is 2.97. The van der Waals surface area contributed by atoms with Gasteiger partial charge in [0.2, 0.25) is 11.1 Å². The molecule has 0 aromatic carbocycles. The second-order valence-corrected chi connectivity index (χ2v) is 6.64. The predicted octanol–water partition coefficient (Wildman–Crippen LogP) is 0.800. The van der Waals surface area contributed by atoms with E-state index in [2.05, 4.69) is 29.0 Å². The van der Waals surface area contributed by atoms with Crippen LogP contribution in [-0.2, 0) is 4.74 Å². The first-order valence-corrected chi connectivity index (χ1v) is 9.03. The number of anilines is 3. The number of rotatable bonds is 3. The van der Waals surface area contributed by atoms with Crippen molar-refractivity contribution in [2.45, 2.75) is 6.92 Å². The summed E-state index contributed by atoms with van der Waals surface area (Å²) in [5.41, 5.74) is 0. The van der Waals surface area contributed by atoms with Crippen molar-refractivity contribution in [3.8, 4) is 0 Å². The maximum atomic E-state index is 5.41. The SMILES string of the molecule is Cc1nsc(N2CCN(c3nccc(N4CCOCC4)n3)CC2)n1. The lowest BCUT2D eigenvalue weighted by atomic mass is 10.3. The van der Waals surface area contributed by atoms with Gasteiger partial charge in [-0.05, 0) is 13.0 Å². The lowest BCUT2D eigenvalue weighted by Crippen LogP contribution is -2.47. The Labute approximate surface area is 145 Å². The summed E-state index contributed by atoms with van der Waals surface area (Å²) in [5, 5.41) is 1.01. The third-order valence-corrected chi connectivity index (χ3v) is 5.18. The van der Waals surface area contributed by atoms with Crippen LogP contribution in [0.4, 0.5) is 16.9 Å². The molecule has 2 saturated heterocycles. The van der Waals surface area contributed by atoms with E-state index in [4.69, 9.17) is 9.72 Å². The van der Waals surface area contributed by atoms with E-state index in [0.29, 0.717) is 0 Å². The topological polar surface area (TPSA) is 70.5 Å². The van der Waals surface area contributed by atoms with E-state index in [1.807, 2.05) is 19.2 Å². The molecular formula is C15H21N7OS. The highest BCUT2D eigenvalue weighted by Crippen LogP contribution is 2.21. The average molecular weight is 347 g/mol. The minimum absolute atomic E-state index is 0.763. The standard InChI is InChI=1S/C15H21N7OS/c1-12-17-15(24-19-12)22-6-4-21(5-7-22)14-16-3-2-13(18-14)20-8-10-23-11-9-20/h2-3H,4-11H2,1H3. The average Bonchev–Trinajstić information content (AvgIpc) is 3.09. The van der Waals surface area contributed by atoms with Gasteiger partial charge >= 0.3 is 0 Å². The molecule has 0 aliphatic carbocycles. The number of nitrogens with zero attached hydrogens (tertiary/aromatic N) is 7. The molecule has 4 heterocycles. The molecule has 0 N–H and O–H groups in total. The Balaban J connectivity index is 1.42. The molecule has 4 rings (SSSR count). The van der Waals surface area contributed by atoms with E-state index in [0.717, 1.165) is 75.2 Å². The number of hydrogen-bond acceptors (Lipinski definition) is 9. The third kappa shape index (κ3) is 3.27. The lowest BCUT2D eigenvalue weighted by Gasteiger charge is -2.35. The maximum absolute atomic E-state index is 5.41. The first kappa shape index (κ1) is 15.5. The van der Waals surface area contributed by atoms with Gasteiger partial charge in [0.15, 0.2) is 0 Å². The van der Waals surface area contributed by atoms with Crippen molar-refractivity contribution >= 4 is 28.4 Å². The van der Waals surface area contributed by atoms with Crippen LogP contribution in [0.2, 0.25) is 0 Å². The molecule has 0 bridgehead atoms. The Bertz CT molecular complexity index is 680. The van der Waals surface area contributed by atoms with Gasteiger partial charge in [-0.3, -0.25) is 0 Å². The van der Waals surface area contributed by atoms with Crippen molar-refractivity contribution in [3.63, 3.8) is 0 Å². The zero-order chi connectivity index (χ0) is 16.4. The second kappa shape index (κ2) is 6.86. The smallest absolute Gasteiger partial charge is 0.227 e. The summed E-state index contributed by atoms with van der Waals surface area (Å²) < 4.78 is 9.68. The summed E-state index contributed by atoms with van der Waals surface area (Å²) in [6.45, 7) is 8.86. The molecule has 0 spiro atoms. The predicted molar refractivity (Wildman–Crippen MR) is 94.1 cm³/mol. The summed E-state index contributed by atoms with van der Waals surface area (Å²) in [7, 11) is 0. The highest BCUT2D eigenvalue weighted by atomic mass is 32.1.